The molecule has 2 aromatic rings. The minimum atomic E-state index is 0.344. The maximum atomic E-state index is 9.16. The Morgan fingerprint density at radius 3 is 2.62 bits per heavy atom. The Morgan fingerprint density at radius 1 is 1.14 bits per heavy atom. The molecular formula is C17H23N3O. The van der Waals surface area contributed by atoms with Crippen molar-refractivity contribution in [3.63, 3.8) is 0 Å². The van der Waals surface area contributed by atoms with Crippen molar-refractivity contribution in [1.29, 1.82) is 0 Å². The first-order valence-corrected chi connectivity index (χ1v) is 7.78. The quantitative estimate of drug-likeness (QED) is 0.887. The lowest BCUT2D eigenvalue weighted by atomic mass is 9.86. The van der Waals surface area contributed by atoms with E-state index in [0.29, 0.717) is 18.6 Å². The average molecular weight is 285 g/mol. The van der Waals surface area contributed by atoms with Gasteiger partial charge in [-0.05, 0) is 43.7 Å². The number of aromatic nitrogens is 2. The maximum absolute atomic E-state index is 9.16. The van der Waals surface area contributed by atoms with Crippen LogP contribution in [-0.4, -0.2) is 27.5 Å². The third kappa shape index (κ3) is 3.71. The molecule has 3 rings (SSSR count). The standard InChI is InChI=1S/C17H23N3O/c21-13-14-6-8-16(9-7-14)18-10-15-11-19-20(12-15)17-4-2-1-3-5-17/h1-5,11-12,14,16,18,21H,6-10,13H2. The number of para-hydroxylation sites is 1. The van der Waals surface area contributed by atoms with Crippen molar-refractivity contribution < 1.29 is 5.11 Å². The number of nitrogens with zero attached hydrogens (tertiary/aromatic N) is 2. The zero-order valence-corrected chi connectivity index (χ0v) is 12.3. The first-order valence-electron chi connectivity index (χ1n) is 7.78. The molecule has 4 heteroatoms. The molecule has 4 nitrogen and oxygen atoms in total. The molecule has 0 bridgehead atoms. The SMILES string of the molecule is OCC1CCC(NCc2cnn(-c3ccccc3)c2)CC1. The normalized spacial score (nSPS) is 22.3. The van der Waals surface area contributed by atoms with Crippen LogP contribution < -0.4 is 5.32 Å². The molecule has 1 saturated carbocycles. The van der Waals surface area contributed by atoms with Crippen LogP contribution >= 0.6 is 0 Å². The second kappa shape index (κ2) is 6.87. The van der Waals surface area contributed by atoms with Gasteiger partial charge in [-0.25, -0.2) is 4.68 Å². The Balaban J connectivity index is 1.52. The number of hydrogen-bond acceptors (Lipinski definition) is 3. The van der Waals surface area contributed by atoms with Gasteiger partial charge in [-0.15, -0.1) is 0 Å². The Kier molecular flexibility index (Phi) is 4.68. The topological polar surface area (TPSA) is 50.1 Å². The minimum absolute atomic E-state index is 0.344. The van der Waals surface area contributed by atoms with Crippen molar-refractivity contribution in [3.8, 4) is 5.69 Å². The number of nitrogens with one attached hydrogen (secondary N) is 1. The molecule has 0 unspecified atom stereocenters. The third-order valence-corrected chi connectivity index (χ3v) is 4.36. The fourth-order valence-electron chi connectivity index (χ4n) is 2.98. The highest BCUT2D eigenvalue weighted by Crippen LogP contribution is 2.23. The lowest BCUT2D eigenvalue weighted by Gasteiger charge is -2.27. The summed E-state index contributed by atoms with van der Waals surface area (Å²) in [5, 5.41) is 17.2. The van der Waals surface area contributed by atoms with Crippen LogP contribution in [0.2, 0.25) is 0 Å². The van der Waals surface area contributed by atoms with E-state index < -0.39 is 0 Å². The van der Waals surface area contributed by atoms with Crippen molar-refractivity contribution in [2.45, 2.75) is 38.3 Å². The molecule has 1 heterocycles. The zero-order valence-electron chi connectivity index (χ0n) is 12.3. The van der Waals surface area contributed by atoms with Gasteiger partial charge in [0.2, 0.25) is 0 Å². The Bertz CT molecular complexity index is 544. The van der Waals surface area contributed by atoms with Crippen LogP contribution in [0.15, 0.2) is 42.7 Å². The molecular weight excluding hydrogens is 262 g/mol. The first kappa shape index (κ1) is 14.3. The fraction of sp³-hybridized carbons (Fsp3) is 0.471. The van der Waals surface area contributed by atoms with E-state index in [9.17, 15) is 0 Å². The van der Waals surface area contributed by atoms with Gasteiger partial charge >= 0.3 is 0 Å². The van der Waals surface area contributed by atoms with E-state index in [0.717, 1.165) is 37.9 Å². The Labute approximate surface area is 125 Å². The van der Waals surface area contributed by atoms with Crippen molar-refractivity contribution in [1.82, 2.24) is 15.1 Å². The van der Waals surface area contributed by atoms with E-state index in [1.807, 2.05) is 29.1 Å². The predicted molar refractivity (Wildman–Crippen MR) is 83.2 cm³/mol. The number of aliphatic hydroxyl groups is 1. The molecule has 0 atom stereocenters. The summed E-state index contributed by atoms with van der Waals surface area (Å²) in [4.78, 5) is 0. The molecule has 0 saturated heterocycles. The second-order valence-electron chi connectivity index (χ2n) is 5.91. The van der Waals surface area contributed by atoms with Crippen LogP contribution in [0.1, 0.15) is 31.2 Å². The molecule has 1 aromatic carbocycles. The number of rotatable bonds is 5. The number of aliphatic hydroxyl groups excluding tert-OH is 1. The first-order chi connectivity index (χ1) is 10.3. The van der Waals surface area contributed by atoms with Gasteiger partial charge in [-0.1, -0.05) is 18.2 Å². The highest BCUT2D eigenvalue weighted by Gasteiger charge is 2.20. The monoisotopic (exact) mass is 285 g/mol. The van der Waals surface area contributed by atoms with Gasteiger partial charge in [-0.2, -0.15) is 5.10 Å². The molecule has 0 aliphatic heterocycles. The van der Waals surface area contributed by atoms with E-state index in [1.165, 1.54) is 5.56 Å². The minimum Gasteiger partial charge on any atom is -0.396 e. The molecule has 1 aliphatic carbocycles. The summed E-state index contributed by atoms with van der Waals surface area (Å²) >= 11 is 0. The van der Waals surface area contributed by atoms with E-state index in [4.69, 9.17) is 5.11 Å². The fourth-order valence-corrected chi connectivity index (χ4v) is 2.98. The summed E-state index contributed by atoms with van der Waals surface area (Å²) in [7, 11) is 0. The largest absolute Gasteiger partial charge is 0.396 e. The van der Waals surface area contributed by atoms with Gasteiger partial charge < -0.3 is 10.4 Å². The summed E-state index contributed by atoms with van der Waals surface area (Å²) in [6.07, 6.45) is 8.62. The molecule has 1 aromatic heterocycles. The van der Waals surface area contributed by atoms with Gasteiger partial charge in [0.05, 0.1) is 11.9 Å². The van der Waals surface area contributed by atoms with Crippen LogP contribution in [0.4, 0.5) is 0 Å². The van der Waals surface area contributed by atoms with E-state index >= 15 is 0 Å². The van der Waals surface area contributed by atoms with Gasteiger partial charge in [0.15, 0.2) is 0 Å². The lowest BCUT2D eigenvalue weighted by Crippen LogP contribution is -2.33. The maximum Gasteiger partial charge on any atom is 0.0645 e. The Hall–Kier alpha value is -1.65. The van der Waals surface area contributed by atoms with Crippen molar-refractivity contribution >= 4 is 0 Å². The van der Waals surface area contributed by atoms with Crippen LogP contribution in [0.5, 0.6) is 0 Å². The summed E-state index contributed by atoms with van der Waals surface area (Å²) in [6.45, 7) is 1.21. The highest BCUT2D eigenvalue weighted by atomic mass is 16.3. The summed E-state index contributed by atoms with van der Waals surface area (Å²) in [6, 6.07) is 10.7. The number of benzene rings is 1. The molecule has 0 radical (unpaired) electrons. The van der Waals surface area contributed by atoms with E-state index in [-0.39, 0.29) is 0 Å². The highest BCUT2D eigenvalue weighted by molar-refractivity contribution is 5.30. The van der Waals surface area contributed by atoms with Crippen molar-refractivity contribution in [2.24, 2.45) is 5.92 Å². The third-order valence-electron chi connectivity index (χ3n) is 4.36. The van der Waals surface area contributed by atoms with Crippen molar-refractivity contribution in [2.75, 3.05) is 6.61 Å². The van der Waals surface area contributed by atoms with Gasteiger partial charge in [0.1, 0.15) is 0 Å². The van der Waals surface area contributed by atoms with Crippen LogP contribution in [-0.2, 0) is 6.54 Å². The van der Waals surface area contributed by atoms with Crippen molar-refractivity contribution in [3.05, 3.63) is 48.3 Å². The second-order valence-corrected chi connectivity index (χ2v) is 5.91. The van der Waals surface area contributed by atoms with E-state index in [1.54, 1.807) is 0 Å². The number of hydrogen-bond donors (Lipinski definition) is 2. The van der Waals surface area contributed by atoms with Crippen LogP contribution in [0, 0.1) is 5.92 Å². The Morgan fingerprint density at radius 2 is 1.90 bits per heavy atom. The van der Waals surface area contributed by atoms with Gasteiger partial charge in [0.25, 0.3) is 0 Å². The summed E-state index contributed by atoms with van der Waals surface area (Å²) in [5.74, 6) is 0.517. The van der Waals surface area contributed by atoms with Crippen LogP contribution in [0.25, 0.3) is 5.69 Å². The molecule has 112 valence electrons. The molecule has 21 heavy (non-hydrogen) atoms. The predicted octanol–water partition coefficient (Wildman–Crippen LogP) is 2.51. The van der Waals surface area contributed by atoms with Gasteiger partial charge in [-0.3, -0.25) is 0 Å². The van der Waals surface area contributed by atoms with E-state index in [2.05, 4.69) is 28.7 Å². The summed E-state index contributed by atoms with van der Waals surface area (Å²) in [5.41, 5.74) is 2.30. The molecule has 1 fully saturated rings. The summed E-state index contributed by atoms with van der Waals surface area (Å²) < 4.78 is 1.92. The zero-order chi connectivity index (χ0) is 14.5. The molecule has 0 amide bonds. The molecule has 0 spiro atoms. The lowest BCUT2D eigenvalue weighted by molar-refractivity contribution is 0.175. The van der Waals surface area contributed by atoms with Gasteiger partial charge in [0, 0.05) is 31.0 Å². The van der Waals surface area contributed by atoms with Crippen LogP contribution in [0.3, 0.4) is 0 Å². The smallest absolute Gasteiger partial charge is 0.0645 e. The average Bonchev–Trinajstić information content (AvgIpc) is 3.03. The molecule has 1 aliphatic rings. The molecule has 2 N–H and O–H groups in total.